The maximum atomic E-state index is 12.4. The van der Waals surface area contributed by atoms with Crippen LogP contribution in [0.4, 0.5) is 0 Å². The first kappa shape index (κ1) is 17.1. The van der Waals surface area contributed by atoms with E-state index in [1.165, 1.54) is 23.6 Å². The summed E-state index contributed by atoms with van der Waals surface area (Å²) in [6.07, 6.45) is 1.64. The molecule has 9 heteroatoms. The number of amides is 1. The lowest BCUT2D eigenvalue weighted by atomic mass is 10.1. The summed E-state index contributed by atoms with van der Waals surface area (Å²) in [5.74, 6) is -0.479. The fourth-order valence-electron chi connectivity index (χ4n) is 2.41. The number of aromatic nitrogens is 2. The number of pyridine rings is 1. The van der Waals surface area contributed by atoms with E-state index in [0.29, 0.717) is 31.3 Å². The third-order valence-electron chi connectivity index (χ3n) is 3.66. The Morgan fingerprint density at radius 3 is 3.25 bits per heavy atom. The van der Waals surface area contributed by atoms with Crippen molar-refractivity contribution < 1.29 is 14.3 Å². The van der Waals surface area contributed by atoms with Gasteiger partial charge < -0.3 is 19.8 Å². The molecule has 3 heterocycles. The van der Waals surface area contributed by atoms with Gasteiger partial charge >= 0.3 is 0 Å². The number of aromatic amines is 1. The molecule has 0 spiro atoms. The lowest BCUT2D eigenvalue weighted by Crippen LogP contribution is -2.50. The van der Waals surface area contributed by atoms with Crippen LogP contribution >= 0.6 is 22.9 Å². The number of thiazole rings is 1. The predicted molar refractivity (Wildman–Crippen MR) is 89.5 cm³/mol. The molecule has 1 aliphatic rings. The molecule has 0 saturated carbocycles. The maximum absolute atomic E-state index is 12.4. The summed E-state index contributed by atoms with van der Waals surface area (Å²) in [6, 6.07) is 1.10. The Balaban J connectivity index is 1.65. The number of H-pyrrole nitrogens is 1. The fraction of sp³-hybridized carbons (Fsp3) is 0.400. The van der Waals surface area contributed by atoms with Gasteiger partial charge in [-0.1, -0.05) is 11.6 Å². The maximum Gasteiger partial charge on any atom is 0.260 e. The monoisotopic (exact) mass is 369 g/mol. The number of nitrogens with zero attached hydrogens (tertiary/aromatic N) is 1. The third-order valence-corrected chi connectivity index (χ3v) is 4.52. The molecule has 2 aromatic rings. The minimum atomic E-state index is -0.482. The van der Waals surface area contributed by atoms with Crippen molar-refractivity contribution in [3.8, 4) is 0 Å². The topological polar surface area (TPSA) is 93.3 Å². The van der Waals surface area contributed by atoms with Gasteiger partial charge in [-0.25, -0.2) is 4.98 Å². The zero-order valence-corrected chi connectivity index (χ0v) is 14.2. The number of hydrogen-bond acceptors (Lipinski definition) is 6. The molecule has 2 N–H and O–H groups in total. The van der Waals surface area contributed by atoms with Gasteiger partial charge in [-0.15, -0.1) is 11.3 Å². The first-order chi connectivity index (χ1) is 11.6. The van der Waals surface area contributed by atoms with Crippen LogP contribution in [0.25, 0.3) is 0 Å². The highest BCUT2D eigenvalue weighted by molar-refractivity contribution is 7.07. The van der Waals surface area contributed by atoms with Crippen LogP contribution in [0.15, 0.2) is 27.9 Å². The van der Waals surface area contributed by atoms with E-state index in [1.807, 2.05) is 5.38 Å². The third kappa shape index (κ3) is 4.21. The smallest absolute Gasteiger partial charge is 0.260 e. The molecule has 1 amide bonds. The van der Waals surface area contributed by atoms with Crippen molar-refractivity contribution >= 4 is 28.8 Å². The second-order valence-electron chi connectivity index (χ2n) is 5.33. The van der Waals surface area contributed by atoms with E-state index in [9.17, 15) is 9.59 Å². The van der Waals surface area contributed by atoms with E-state index in [-0.39, 0.29) is 17.7 Å². The van der Waals surface area contributed by atoms with Crippen LogP contribution in [0.5, 0.6) is 0 Å². The number of ether oxygens (including phenoxy) is 2. The number of nitrogens with one attached hydrogen (secondary N) is 2. The van der Waals surface area contributed by atoms with Gasteiger partial charge in [0.25, 0.3) is 11.5 Å². The lowest BCUT2D eigenvalue weighted by Gasteiger charge is -2.31. The van der Waals surface area contributed by atoms with Crippen molar-refractivity contribution in [3.63, 3.8) is 0 Å². The first-order valence-corrected chi connectivity index (χ1v) is 8.71. The number of hydrogen-bond donors (Lipinski definition) is 2. The highest BCUT2D eigenvalue weighted by Crippen LogP contribution is 2.15. The largest absolute Gasteiger partial charge is 0.379 e. The standard InChI is InChI=1S/C15H16ClN3O4S/c16-9-3-11(14(20)17-4-9)15(21)19-12-1-2-22-6-13(12)23-5-10-7-24-8-18-10/h3-4,7-8,12-13H,1-2,5-6H2,(H,17,20)(H,19,21)/t12-,13-/m1/s1. The molecule has 1 aliphatic heterocycles. The van der Waals surface area contributed by atoms with Crippen LogP contribution in [-0.4, -0.2) is 41.2 Å². The second-order valence-corrected chi connectivity index (χ2v) is 6.49. The van der Waals surface area contributed by atoms with Crippen molar-refractivity contribution in [2.45, 2.75) is 25.2 Å². The molecule has 0 unspecified atom stereocenters. The zero-order valence-electron chi connectivity index (χ0n) is 12.7. The highest BCUT2D eigenvalue weighted by Gasteiger charge is 2.29. The molecular weight excluding hydrogens is 354 g/mol. The van der Waals surface area contributed by atoms with E-state index in [0.717, 1.165) is 5.69 Å². The molecule has 3 rings (SSSR count). The van der Waals surface area contributed by atoms with Crippen LogP contribution in [0, 0.1) is 0 Å². The lowest BCUT2D eigenvalue weighted by molar-refractivity contribution is -0.0742. The summed E-state index contributed by atoms with van der Waals surface area (Å²) in [4.78, 5) is 30.7. The highest BCUT2D eigenvalue weighted by atomic mass is 35.5. The molecule has 0 radical (unpaired) electrons. The van der Waals surface area contributed by atoms with Crippen molar-refractivity contribution in [3.05, 3.63) is 49.8 Å². The van der Waals surface area contributed by atoms with Gasteiger partial charge in [0.15, 0.2) is 0 Å². The Kier molecular flexibility index (Phi) is 5.62. The molecule has 1 fully saturated rings. The van der Waals surface area contributed by atoms with Crippen molar-refractivity contribution in [1.29, 1.82) is 0 Å². The molecule has 0 aliphatic carbocycles. The average Bonchev–Trinajstić information content (AvgIpc) is 3.09. The van der Waals surface area contributed by atoms with Gasteiger partial charge in [0.2, 0.25) is 0 Å². The first-order valence-electron chi connectivity index (χ1n) is 7.39. The molecule has 1 saturated heterocycles. The Morgan fingerprint density at radius 2 is 2.46 bits per heavy atom. The number of rotatable bonds is 5. The van der Waals surface area contributed by atoms with Gasteiger partial charge in [0, 0.05) is 18.2 Å². The average molecular weight is 370 g/mol. The molecule has 0 bridgehead atoms. The fourth-order valence-corrected chi connectivity index (χ4v) is 3.12. The quantitative estimate of drug-likeness (QED) is 0.834. The van der Waals surface area contributed by atoms with Crippen LogP contribution in [0.2, 0.25) is 5.02 Å². The van der Waals surface area contributed by atoms with Gasteiger partial charge in [-0.3, -0.25) is 9.59 Å². The summed E-state index contributed by atoms with van der Waals surface area (Å²) in [5, 5.41) is 5.04. The van der Waals surface area contributed by atoms with E-state index in [1.54, 1.807) is 5.51 Å². The SMILES string of the molecule is O=C(N[C@@H]1CCOC[C@H]1OCc1cscn1)c1cc(Cl)c[nH]c1=O. The minimum Gasteiger partial charge on any atom is -0.379 e. The van der Waals surface area contributed by atoms with Crippen LogP contribution < -0.4 is 10.9 Å². The summed E-state index contributed by atoms with van der Waals surface area (Å²) in [6.45, 7) is 1.25. The minimum absolute atomic E-state index is 0.0211. The molecule has 2 aromatic heterocycles. The summed E-state index contributed by atoms with van der Waals surface area (Å²) >= 11 is 7.33. The molecule has 128 valence electrons. The molecule has 7 nitrogen and oxygen atoms in total. The number of halogens is 1. The van der Waals surface area contributed by atoms with E-state index in [4.69, 9.17) is 21.1 Å². The Labute approximate surface area is 147 Å². The van der Waals surface area contributed by atoms with Crippen molar-refractivity contribution in [2.75, 3.05) is 13.2 Å². The molecule has 2 atom stereocenters. The Bertz CT molecular complexity index is 749. The van der Waals surface area contributed by atoms with E-state index < -0.39 is 11.5 Å². The van der Waals surface area contributed by atoms with Gasteiger partial charge in [0.05, 0.1) is 35.5 Å². The number of carbonyl (C=O) groups is 1. The Hall–Kier alpha value is -1.74. The summed E-state index contributed by atoms with van der Waals surface area (Å²) in [5.41, 5.74) is 2.07. The summed E-state index contributed by atoms with van der Waals surface area (Å²) < 4.78 is 11.3. The molecule has 0 aromatic carbocycles. The molecular formula is C15H16ClN3O4S. The van der Waals surface area contributed by atoms with Gasteiger partial charge in [0.1, 0.15) is 11.7 Å². The zero-order chi connectivity index (χ0) is 16.9. The van der Waals surface area contributed by atoms with Crippen LogP contribution in [0.3, 0.4) is 0 Å². The second kappa shape index (κ2) is 7.89. The van der Waals surface area contributed by atoms with Gasteiger partial charge in [-0.2, -0.15) is 0 Å². The predicted octanol–water partition coefficient (Wildman–Crippen LogP) is 1.59. The van der Waals surface area contributed by atoms with Crippen molar-refractivity contribution in [1.82, 2.24) is 15.3 Å². The Morgan fingerprint density at radius 1 is 1.58 bits per heavy atom. The summed E-state index contributed by atoms with van der Waals surface area (Å²) in [7, 11) is 0. The molecule has 24 heavy (non-hydrogen) atoms. The van der Waals surface area contributed by atoms with Crippen LogP contribution in [0.1, 0.15) is 22.5 Å². The normalized spacial score (nSPS) is 20.7. The van der Waals surface area contributed by atoms with Crippen LogP contribution in [-0.2, 0) is 16.1 Å². The number of carbonyl (C=O) groups excluding carboxylic acids is 1. The van der Waals surface area contributed by atoms with Gasteiger partial charge in [-0.05, 0) is 12.5 Å². The van der Waals surface area contributed by atoms with Crippen molar-refractivity contribution in [2.24, 2.45) is 0 Å². The van der Waals surface area contributed by atoms with E-state index in [2.05, 4.69) is 15.3 Å². The van der Waals surface area contributed by atoms with E-state index >= 15 is 0 Å².